The Balaban J connectivity index is 2.03. The van der Waals surface area contributed by atoms with E-state index >= 15 is 0 Å². The van der Waals surface area contributed by atoms with Crippen LogP contribution in [0.4, 0.5) is 11.4 Å². The zero-order valence-electron chi connectivity index (χ0n) is 11.2. The van der Waals surface area contributed by atoms with Gasteiger partial charge in [-0.3, -0.25) is 4.98 Å². The van der Waals surface area contributed by atoms with E-state index in [9.17, 15) is 0 Å². The molecule has 102 valence electrons. The fraction of sp³-hybridized carbons (Fsp3) is 0.615. The highest BCUT2D eigenvalue weighted by molar-refractivity contribution is 5.53. The molecule has 0 aromatic carbocycles. The van der Waals surface area contributed by atoms with Gasteiger partial charge in [-0.05, 0) is 18.9 Å². The van der Waals surface area contributed by atoms with E-state index in [0.29, 0.717) is 13.2 Å². The molecule has 0 saturated carbocycles. The van der Waals surface area contributed by atoms with Crippen molar-refractivity contribution in [2.24, 2.45) is 0 Å². The summed E-state index contributed by atoms with van der Waals surface area (Å²) >= 11 is 0. The summed E-state index contributed by atoms with van der Waals surface area (Å²) in [4.78, 5) is 4.14. The molecular weight excluding hydrogens is 230 g/mol. The van der Waals surface area contributed by atoms with Crippen molar-refractivity contribution < 1.29 is 9.47 Å². The van der Waals surface area contributed by atoms with E-state index in [-0.39, 0.29) is 0 Å². The molecule has 0 fully saturated rings. The summed E-state index contributed by atoms with van der Waals surface area (Å²) in [5, 5.41) is 6.40. The molecule has 5 nitrogen and oxygen atoms in total. The normalized spacial score (nSPS) is 10.3. The average molecular weight is 253 g/mol. The van der Waals surface area contributed by atoms with Crippen molar-refractivity contribution in [2.45, 2.75) is 12.8 Å². The predicted molar refractivity (Wildman–Crippen MR) is 74.2 cm³/mol. The van der Waals surface area contributed by atoms with Crippen LogP contribution in [0.1, 0.15) is 12.8 Å². The molecular formula is C13H23N3O2. The Morgan fingerprint density at radius 2 is 1.94 bits per heavy atom. The number of hydrogen-bond donors (Lipinski definition) is 2. The van der Waals surface area contributed by atoms with Crippen LogP contribution < -0.4 is 10.6 Å². The standard InChI is InChI=1S/C13H23N3O2/c1-14-12-9-13(11-15-10-12)16-5-3-4-6-18-8-7-17-2/h9-11,14,16H,3-8H2,1-2H3. The lowest BCUT2D eigenvalue weighted by atomic mass is 10.3. The molecule has 0 atom stereocenters. The van der Waals surface area contributed by atoms with Crippen molar-refractivity contribution in [1.82, 2.24) is 4.98 Å². The van der Waals surface area contributed by atoms with Gasteiger partial charge in [-0.25, -0.2) is 0 Å². The highest BCUT2D eigenvalue weighted by Crippen LogP contribution is 2.11. The maximum atomic E-state index is 5.39. The van der Waals surface area contributed by atoms with Crippen LogP contribution >= 0.6 is 0 Å². The van der Waals surface area contributed by atoms with Crippen molar-refractivity contribution >= 4 is 11.4 Å². The second-order valence-electron chi connectivity index (χ2n) is 3.95. The third-order valence-electron chi connectivity index (χ3n) is 2.50. The molecule has 5 heteroatoms. The Labute approximate surface area is 109 Å². The maximum Gasteiger partial charge on any atom is 0.0700 e. The highest BCUT2D eigenvalue weighted by Gasteiger charge is 1.95. The van der Waals surface area contributed by atoms with Gasteiger partial charge in [0.2, 0.25) is 0 Å². The molecule has 1 aromatic rings. The third kappa shape index (κ3) is 6.42. The molecule has 0 aliphatic heterocycles. The van der Waals surface area contributed by atoms with Gasteiger partial charge in [-0.15, -0.1) is 0 Å². The molecule has 0 aliphatic carbocycles. The average Bonchev–Trinajstić information content (AvgIpc) is 2.42. The molecule has 0 saturated heterocycles. The fourth-order valence-corrected chi connectivity index (χ4v) is 1.48. The Bertz CT molecular complexity index is 321. The number of anilines is 2. The third-order valence-corrected chi connectivity index (χ3v) is 2.50. The molecule has 1 heterocycles. The summed E-state index contributed by atoms with van der Waals surface area (Å²) in [6.45, 7) is 3.07. The minimum Gasteiger partial charge on any atom is -0.387 e. The van der Waals surface area contributed by atoms with E-state index in [1.165, 1.54) is 0 Å². The van der Waals surface area contributed by atoms with Crippen LogP contribution in [0.2, 0.25) is 0 Å². The van der Waals surface area contributed by atoms with Gasteiger partial charge in [0.25, 0.3) is 0 Å². The lowest BCUT2D eigenvalue weighted by Crippen LogP contribution is -2.06. The minimum absolute atomic E-state index is 0.667. The van der Waals surface area contributed by atoms with E-state index in [1.54, 1.807) is 13.3 Å². The van der Waals surface area contributed by atoms with Crippen molar-refractivity contribution in [3.63, 3.8) is 0 Å². The number of nitrogens with zero attached hydrogens (tertiary/aromatic N) is 1. The first-order chi connectivity index (χ1) is 8.86. The van der Waals surface area contributed by atoms with Gasteiger partial charge >= 0.3 is 0 Å². The Kier molecular flexibility index (Phi) is 7.92. The first kappa shape index (κ1) is 14.7. The van der Waals surface area contributed by atoms with Gasteiger partial charge in [-0.2, -0.15) is 0 Å². The molecule has 0 radical (unpaired) electrons. The quantitative estimate of drug-likeness (QED) is 0.624. The number of methoxy groups -OCH3 is 1. The molecule has 0 amide bonds. The summed E-state index contributed by atoms with van der Waals surface area (Å²) in [5.74, 6) is 0. The smallest absolute Gasteiger partial charge is 0.0700 e. The van der Waals surface area contributed by atoms with Crippen molar-refractivity contribution in [3.05, 3.63) is 18.5 Å². The van der Waals surface area contributed by atoms with Gasteiger partial charge in [0.05, 0.1) is 37.0 Å². The second kappa shape index (κ2) is 9.67. The molecule has 0 bridgehead atoms. The molecule has 1 rings (SSSR count). The number of aromatic nitrogens is 1. The number of pyridine rings is 1. The van der Waals surface area contributed by atoms with E-state index < -0.39 is 0 Å². The van der Waals surface area contributed by atoms with E-state index in [0.717, 1.165) is 37.4 Å². The first-order valence-electron chi connectivity index (χ1n) is 6.30. The van der Waals surface area contributed by atoms with E-state index in [1.807, 2.05) is 19.3 Å². The number of rotatable bonds is 10. The van der Waals surface area contributed by atoms with E-state index in [4.69, 9.17) is 9.47 Å². The second-order valence-corrected chi connectivity index (χ2v) is 3.95. The molecule has 18 heavy (non-hydrogen) atoms. The zero-order valence-corrected chi connectivity index (χ0v) is 11.2. The van der Waals surface area contributed by atoms with Crippen LogP contribution in [-0.2, 0) is 9.47 Å². The van der Waals surface area contributed by atoms with Crippen molar-refractivity contribution in [1.29, 1.82) is 0 Å². The first-order valence-corrected chi connectivity index (χ1v) is 6.30. The number of ether oxygens (including phenoxy) is 2. The van der Waals surface area contributed by atoms with Crippen LogP contribution in [0.5, 0.6) is 0 Å². The summed E-state index contributed by atoms with van der Waals surface area (Å²) < 4.78 is 10.3. The predicted octanol–water partition coefficient (Wildman–Crippen LogP) is 1.98. The van der Waals surface area contributed by atoms with Crippen LogP contribution in [-0.4, -0.2) is 45.5 Å². The van der Waals surface area contributed by atoms with Crippen molar-refractivity contribution in [3.8, 4) is 0 Å². The van der Waals surface area contributed by atoms with Gasteiger partial charge < -0.3 is 20.1 Å². The summed E-state index contributed by atoms with van der Waals surface area (Å²) in [6.07, 6.45) is 5.76. The van der Waals surface area contributed by atoms with Crippen molar-refractivity contribution in [2.75, 3.05) is 51.2 Å². The topological polar surface area (TPSA) is 55.4 Å². The van der Waals surface area contributed by atoms with Gasteiger partial charge in [0, 0.05) is 27.3 Å². The molecule has 2 N–H and O–H groups in total. The SMILES string of the molecule is CNc1cncc(NCCCCOCCOC)c1. The zero-order chi connectivity index (χ0) is 13.1. The Morgan fingerprint density at radius 3 is 2.72 bits per heavy atom. The summed E-state index contributed by atoms with van der Waals surface area (Å²) in [6, 6.07) is 2.04. The minimum atomic E-state index is 0.667. The Hall–Kier alpha value is -1.33. The van der Waals surface area contributed by atoms with Crippen LogP contribution in [0.25, 0.3) is 0 Å². The van der Waals surface area contributed by atoms with Gasteiger partial charge in [0.1, 0.15) is 0 Å². The lowest BCUT2D eigenvalue weighted by Gasteiger charge is -2.08. The van der Waals surface area contributed by atoms with Crippen LogP contribution in [0, 0.1) is 0 Å². The summed E-state index contributed by atoms with van der Waals surface area (Å²) in [7, 11) is 3.57. The molecule has 0 aliphatic rings. The summed E-state index contributed by atoms with van der Waals surface area (Å²) in [5.41, 5.74) is 2.06. The van der Waals surface area contributed by atoms with Gasteiger partial charge in [-0.1, -0.05) is 0 Å². The molecule has 0 spiro atoms. The van der Waals surface area contributed by atoms with Crippen LogP contribution in [0.3, 0.4) is 0 Å². The van der Waals surface area contributed by atoms with E-state index in [2.05, 4.69) is 15.6 Å². The lowest BCUT2D eigenvalue weighted by molar-refractivity contribution is 0.0691. The number of hydrogen-bond acceptors (Lipinski definition) is 5. The maximum absolute atomic E-state index is 5.39. The Morgan fingerprint density at radius 1 is 1.11 bits per heavy atom. The molecule has 1 aromatic heterocycles. The van der Waals surface area contributed by atoms with Gasteiger partial charge in [0.15, 0.2) is 0 Å². The fourth-order valence-electron chi connectivity index (χ4n) is 1.48. The highest BCUT2D eigenvalue weighted by atomic mass is 16.5. The number of unbranched alkanes of at least 4 members (excludes halogenated alkanes) is 1. The monoisotopic (exact) mass is 253 g/mol. The van der Waals surface area contributed by atoms with Crippen LogP contribution in [0.15, 0.2) is 18.5 Å². The molecule has 0 unspecified atom stereocenters. The number of nitrogens with one attached hydrogen (secondary N) is 2. The largest absolute Gasteiger partial charge is 0.387 e.